The van der Waals surface area contributed by atoms with Crippen molar-refractivity contribution in [2.45, 2.75) is 32.6 Å². The second-order valence-corrected chi connectivity index (χ2v) is 2.73. The summed E-state index contributed by atoms with van der Waals surface area (Å²) in [7, 11) is 0. The van der Waals surface area contributed by atoms with E-state index in [1.807, 2.05) is 0 Å². The number of aromatic hydroxyl groups is 1. The molecule has 0 aliphatic rings. The van der Waals surface area contributed by atoms with Gasteiger partial charge in [0.15, 0.2) is 5.75 Å². The van der Waals surface area contributed by atoms with Crippen molar-refractivity contribution in [3.05, 3.63) is 18.1 Å². The van der Waals surface area contributed by atoms with Gasteiger partial charge in [-0.2, -0.15) is 0 Å². The van der Waals surface area contributed by atoms with Gasteiger partial charge in [0.1, 0.15) is 12.0 Å². The molecule has 0 aliphatic carbocycles. The predicted molar refractivity (Wildman–Crippen MR) is 43.6 cm³/mol. The van der Waals surface area contributed by atoms with Crippen molar-refractivity contribution < 1.29 is 9.52 Å². The van der Waals surface area contributed by atoms with Crippen molar-refractivity contribution in [1.29, 1.82) is 0 Å². The van der Waals surface area contributed by atoms with Crippen molar-refractivity contribution in [3.63, 3.8) is 0 Å². The molecule has 62 valence electrons. The first-order chi connectivity index (χ1) is 5.33. The molecule has 0 spiro atoms. The molecule has 0 aromatic carbocycles. The maximum atomic E-state index is 8.92. The largest absolute Gasteiger partial charge is 0.505 e. The fraction of sp³-hybridized carbons (Fsp3) is 0.556. The van der Waals surface area contributed by atoms with Crippen molar-refractivity contribution in [2.24, 2.45) is 0 Å². The first-order valence-electron chi connectivity index (χ1n) is 4.09. The van der Waals surface area contributed by atoms with Crippen LogP contribution in [0.2, 0.25) is 0 Å². The molecule has 2 heteroatoms. The van der Waals surface area contributed by atoms with Crippen LogP contribution in [0.5, 0.6) is 5.75 Å². The Bertz CT molecular complexity index is 203. The lowest BCUT2D eigenvalue weighted by atomic mass is 10.2. The van der Waals surface area contributed by atoms with E-state index in [0.29, 0.717) is 0 Å². The second-order valence-electron chi connectivity index (χ2n) is 2.73. The van der Waals surface area contributed by atoms with Gasteiger partial charge in [-0.3, -0.25) is 0 Å². The summed E-state index contributed by atoms with van der Waals surface area (Å²) in [4.78, 5) is 0. The van der Waals surface area contributed by atoms with E-state index in [2.05, 4.69) is 6.92 Å². The van der Waals surface area contributed by atoms with Gasteiger partial charge in [0.25, 0.3) is 0 Å². The highest BCUT2D eigenvalue weighted by molar-refractivity contribution is 5.17. The van der Waals surface area contributed by atoms with Gasteiger partial charge >= 0.3 is 0 Å². The lowest BCUT2D eigenvalue weighted by Gasteiger charge is -1.93. The SMILES string of the molecule is CCCCCc1cc(O)co1. The fourth-order valence-corrected chi connectivity index (χ4v) is 1.05. The number of aryl methyl sites for hydroxylation is 1. The molecule has 1 aromatic heterocycles. The highest BCUT2D eigenvalue weighted by atomic mass is 16.4. The van der Waals surface area contributed by atoms with Crippen molar-refractivity contribution >= 4 is 0 Å². The molecule has 0 saturated heterocycles. The van der Waals surface area contributed by atoms with Crippen LogP contribution in [0.4, 0.5) is 0 Å². The number of unbranched alkanes of at least 4 members (excludes halogenated alkanes) is 2. The smallest absolute Gasteiger partial charge is 0.153 e. The average molecular weight is 154 g/mol. The molecule has 0 amide bonds. The number of rotatable bonds is 4. The fourth-order valence-electron chi connectivity index (χ4n) is 1.05. The quantitative estimate of drug-likeness (QED) is 0.676. The summed E-state index contributed by atoms with van der Waals surface area (Å²) in [6.07, 6.45) is 5.90. The third-order valence-corrected chi connectivity index (χ3v) is 1.67. The zero-order chi connectivity index (χ0) is 8.10. The monoisotopic (exact) mass is 154 g/mol. The van der Waals surface area contributed by atoms with Crippen LogP contribution in [0.3, 0.4) is 0 Å². The van der Waals surface area contributed by atoms with E-state index in [-0.39, 0.29) is 5.75 Å². The Hall–Kier alpha value is -0.920. The Labute approximate surface area is 66.8 Å². The summed E-state index contributed by atoms with van der Waals surface area (Å²) < 4.78 is 5.06. The molecule has 0 unspecified atom stereocenters. The van der Waals surface area contributed by atoms with Gasteiger partial charge in [-0.15, -0.1) is 0 Å². The zero-order valence-electron chi connectivity index (χ0n) is 6.84. The molecule has 1 heterocycles. The molecule has 0 radical (unpaired) electrons. The third-order valence-electron chi connectivity index (χ3n) is 1.67. The van der Waals surface area contributed by atoms with Gasteiger partial charge in [-0.05, 0) is 6.42 Å². The van der Waals surface area contributed by atoms with E-state index in [4.69, 9.17) is 9.52 Å². The van der Waals surface area contributed by atoms with E-state index in [0.717, 1.165) is 18.6 Å². The molecule has 0 atom stereocenters. The lowest BCUT2D eigenvalue weighted by molar-refractivity contribution is 0.449. The Morgan fingerprint density at radius 2 is 2.27 bits per heavy atom. The molecule has 1 rings (SSSR count). The third kappa shape index (κ3) is 2.66. The summed E-state index contributed by atoms with van der Waals surface area (Å²) in [6, 6.07) is 1.68. The van der Waals surface area contributed by atoms with Crippen molar-refractivity contribution in [3.8, 4) is 5.75 Å². The summed E-state index contributed by atoms with van der Waals surface area (Å²) >= 11 is 0. The van der Waals surface area contributed by atoms with Gasteiger partial charge in [-0.25, -0.2) is 0 Å². The van der Waals surface area contributed by atoms with Crippen LogP contribution in [0, 0.1) is 0 Å². The summed E-state index contributed by atoms with van der Waals surface area (Å²) in [6.45, 7) is 2.17. The molecular formula is C9H14O2. The van der Waals surface area contributed by atoms with Crippen LogP contribution in [-0.2, 0) is 6.42 Å². The first-order valence-corrected chi connectivity index (χ1v) is 4.09. The first kappa shape index (κ1) is 8.18. The van der Waals surface area contributed by atoms with Crippen molar-refractivity contribution in [1.82, 2.24) is 0 Å². The Morgan fingerprint density at radius 1 is 1.45 bits per heavy atom. The Balaban J connectivity index is 2.27. The van der Waals surface area contributed by atoms with Gasteiger partial charge in [0.05, 0.1) is 0 Å². The minimum absolute atomic E-state index is 0.233. The Kier molecular flexibility index (Phi) is 3.02. The number of furan rings is 1. The topological polar surface area (TPSA) is 33.4 Å². The van der Waals surface area contributed by atoms with E-state index in [1.165, 1.54) is 19.1 Å². The zero-order valence-corrected chi connectivity index (χ0v) is 6.84. The van der Waals surface area contributed by atoms with Crippen LogP contribution >= 0.6 is 0 Å². The van der Waals surface area contributed by atoms with Crippen molar-refractivity contribution in [2.75, 3.05) is 0 Å². The molecule has 1 N–H and O–H groups in total. The molecule has 2 nitrogen and oxygen atoms in total. The summed E-state index contributed by atoms with van der Waals surface area (Å²) in [5.74, 6) is 1.12. The summed E-state index contributed by atoms with van der Waals surface area (Å²) in [5, 5.41) is 8.92. The number of hydrogen-bond donors (Lipinski definition) is 1. The van der Waals surface area contributed by atoms with E-state index < -0.39 is 0 Å². The van der Waals surface area contributed by atoms with E-state index in [9.17, 15) is 0 Å². The molecular weight excluding hydrogens is 140 g/mol. The van der Waals surface area contributed by atoms with Crippen LogP contribution in [0.1, 0.15) is 31.9 Å². The van der Waals surface area contributed by atoms with E-state index in [1.54, 1.807) is 6.07 Å². The maximum Gasteiger partial charge on any atom is 0.153 e. The summed E-state index contributed by atoms with van der Waals surface area (Å²) in [5.41, 5.74) is 0. The minimum atomic E-state index is 0.233. The second kappa shape index (κ2) is 4.06. The molecule has 11 heavy (non-hydrogen) atoms. The highest BCUT2D eigenvalue weighted by Gasteiger charge is 1.98. The Morgan fingerprint density at radius 3 is 2.82 bits per heavy atom. The van der Waals surface area contributed by atoms with Gasteiger partial charge in [0, 0.05) is 12.5 Å². The maximum absolute atomic E-state index is 8.92. The molecule has 0 aliphatic heterocycles. The predicted octanol–water partition coefficient (Wildman–Crippen LogP) is 2.72. The van der Waals surface area contributed by atoms with Gasteiger partial charge in [-0.1, -0.05) is 19.8 Å². The van der Waals surface area contributed by atoms with Gasteiger partial charge in [0.2, 0.25) is 0 Å². The van der Waals surface area contributed by atoms with Crippen LogP contribution in [0.25, 0.3) is 0 Å². The van der Waals surface area contributed by atoms with Crippen LogP contribution < -0.4 is 0 Å². The molecule has 1 aromatic rings. The average Bonchev–Trinajstić information content (AvgIpc) is 2.37. The normalized spacial score (nSPS) is 10.3. The highest BCUT2D eigenvalue weighted by Crippen LogP contribution is 2.15. The number of hydrogen-bond acceptors (Lipinski definition) is 2. The molecule has 0 saturated carbocycles. The molecule has 0 bridgehead atoms. The molecule has 0 fully saturated rings. The van der Waals surface area contributed by atoms with Crippen LogP contribution in [0.15, 0.2) is 16.7 Å². The lowest BCUT2D eigenvalue weighted by Crippen LogP contribution is -1.80. The van der Waals surface area contributed by atoms with Gasteiger partial charge < -0.3 is 9.52 Å². The van der Waals surface area contributed by atoms with E-state index >= 15 is 0 Å². The minimum Gasteiger partial charge on any atom is -0.505 e. The standard InChI is InChI=1S/C9H14O2/c1-2-3-4-5-9-6-8(10)7-11-9/h6-7,10H,2-5H2,1H3. The van der Waals surface area contributed by atoms with Crippen LogP contribution in [-0.4, -0.2) is 5.11 Å².